The van der Waals surface area contributed by atoms with E-state index in [0.717, 1.165) is 32.4 Å². The predicted molar refractivity (Wildman–Crippen MR) is 87.5 cm³/mol. The second-order valence-corrected chi connectivity index (χ2v) is 7.64. The molecule has 1 saturated heterocycles. The first-order chi connectivity index (χ1) is 10.2. The topological polar surface area (TPSA) is 32.3 Å². The van der Waals surface area contributed by atoms with Crippen molar-refractivity contribution in [3.8, 4) is 0 Å². The number of benzene rings is 1. The summed E-state index contributed by atoms with van der Waals surface area (Å²) in [6.07, 6.45) is 5.44. The van der Waals surface area contributed by atoms with Crippen LogP contribution in [-0.2, 0) is 4.79 Å². The van der Waals surface area contributed by atoms with Crippen LogP contribution >= 0.6 is 11.8 Å². The van der Waals surface area contributed by atoms with Crippen molar-refractivity contribution in [2.45, 2.75) is 47.8 Å². The number of thioether (sulfide) groups is 1. The molecule has 1 aromatic carbocycles. The van der Waals surface area contributed by atoms with Crippen molar-refractivity contribution in [3.05, 3.63) is 30.3 Å². The molecule has 1 aliphatic heterocycles. The predicted octanol–water partition coefficient (Wildman–Crippen LogP) is 2.91. The molecule has 3 rings (SSSR count). The Kier molecular flexibility index (Phi) is 4.55. The van der Waals surface area contributed by atoms with Gasteiger partial charge in [-0.15, -0.1) is 11.8 Å². The third-order valence-electron chi connectivity index (χ3n) is 4.76. The van der Waals surface area contributed by atoms with Gasteiger partial charge in [-0.25, -0.2) is 0 Å². The lowest BCUT2D eigenvalue weighted by molar-refractivity contribution is -0.134. The van der Waals surface area contributed by atoms with Crippen LogP contribution in [0.5, 0.6) is 0 Å². The number of likely N-dealkylation sites (N-methyl/N-ethyl adjacent to an activating group) is 1. The number of rotatable bonds is 4. The maximum absolute atomic E-state index is 13.1. The van der Waals surface area contributed by atoms with Gasteiger partial charge in [-0.05, 0) is 37.9 Å². The minimum absolute atomic E-state index is 0.237. The van der Waals surface area contributed by atoms with Crippen LogP contribution in [0.3, 0.4) is 0 Å². The lowest BCUT2D eigenvalue weighted by Crippen LogP contribution is -2.48. The van der Waals surface area contributed by atoms with Crippen molar-refractivity contribution in [2.75, 3.05) is 20.1 Å². The molecular weight excluding hydrogens is 280 g/mol. The van der Waals surface area contributed by atoms with E-state index in [4.69, 9.17) is 0 Å². The molecule has 114 valence electrons. The average molecular weight is 304 g/mol. The Hall–Kier alpha value is -1.00. The molecule has 2 aliphatic rings. The van der Waals surface area contributed by atoms with E-state index >= 15 is 0 Å². The molecule has 1 N–H and O–H groups in total. The summed E-state index contributed by atoms with van der Waals surface area (Å²) in [6, 6.07) is 10.7. The molecule has 1 unspecified atom stereocenters. The van der Waals surface area contributed by atoms with Gasteiger partial charge in [0.1, 0.15) is 0 Å². The summed E-state index contributed by atoms with van der Waals surface area (Å²) in [5.41, 5.74) is 0. The molecule has 1 amide bonds. The summed E-state index contributed by atoms with van der Waals surface area (Å²) in [7, 11) is 1.99. The lowest BCUT2D eigenvalue weighted by atomic mass is 10.0. The smallest absolute Gasteiger partial charge is 0.239 e. The first-order valence-electron chi connectivity index (χ1n) is 7.93. The summed E-state index contributed by atoms with van der Waals surface area (Å²) in [4.78, 5) is 16.4. The average Bonchev–Trinajstić information content (AvgIpc) is 3.19. The molecule has 0 aromatic heterocycles. The maximum Gasteiger partial charge on any atom is 0.239 e. The molecule has 21 heavy (non-hydrogen) atoms. The normalized spacial score (nSPS) is 24.1. The van der Waals surface area contributed by atoms with E-state index in [9.17, 15) is 4.79 Å². The van der Waals surface area contributed by atoms with Crippen LogP contribution in [0.4, 0.5) is 0 Å². The van der Waals surface area contributed by atoms with Crippen LogP contribution in [0.25, 0.3) is 0 Å². The molecule has 1 saturated carbocycles. The Morgan fingerprint density at radius 2 is 2.00 bits per heavy atom. The first kappa shape index (κ1) is 14.9. The SMILES string of the molecule is CN(C(=O)C1(Sc2ccccc2)CCCC1)C1CCNC1. The highest BCUT2D eigenvalue weighted by atomic mass is 32.2. The van der Waals surface area contributed by atoms with Crippen LogP contribution in [0, 0.1) is 0 Å². The van der Waals surface area contributed by atoms with Crippen LogP contribution in [0.2, 0.25) is 0 Å². The molecule has 0 bridgehead atoms. The highest BCUT2D eigenvalue weighted by molar-refractivity contribution is 8.01. The molecule has 0 radical (unpaired) electrons. The van der Waals surface area contributed by atoms with E-state index in [1.807, 2.05) is 18.0 Å². The number of carbonyl (C=O) groups excluding carboxylic acids is 1. The molecule has 1 atom stereocenters. The van der Waals surface area contributed by atoms with Gasteiger partial charge in [-0.2, -0.15) is 0 Å². The Labute approximate surface area is 131 Å². The summed E-state index contributed by atoms with van der Waals surface area (Å²) in [5.74, 6) is 0.336. The molecular formula is C17H24N2OS. The lowest BCUT2D eigenvalue weighted by Gasteiger charge is -2.34. The Balaban J connectivity index is 1.78. The third kappa shape index (κ3) is 3.11. The van der Waals surface area contributed by atoms with Crippen LogP contribution in [0.1, 0.15) is 32.1 Å². The number of carbonyl (C=O) groups is 1. The molecule has 1 heterocycles. The van der Waals surface area contributed by atoms with Gasteiger partial charge in [0.15, 0.2) is 0 Å². The van der Waals surface area contributed by atoms with E-state index in [1.54, 1.807) is 11.8 Å². The quantitative estimate of drug-likeness (QED) is 0.928. The summed E-state index contributed by atoms with van der Waals surface area (Å²) >= 11 is 1.78. The van der Waals surface area contributed by atoms with Gasteiger partial charge >= 0.3 is 0 Å². The maximum atomic E-state index is 13.1. The van der Waals surface area contributed by atoms with Crippen molar-refractivity contribution in [2.24, 2.45) is 0 Å². The van der Waals surface area contributed by atoms with Gasteiger partial charge < -0.3 is 10.2 Å². The molecule has 1 aliphatic carbocycles. The van der Waals surface area contributed by atoms with Crippen LogP contribution in [0.15, 0.2) is 35.2 Å². The highest BCUT2D eigenvalue weighted by Crippen LogP contribution is 2.46. The van der Waals surface area contributed by atoms with Crippen molar-refractivity contribution in [3.63, 3.8) is 0 Å². The zero-order valence-electron chi connectivity index (χ0n) is 12.7. The van der Waals surface area contributed by atoms with E-state index in [-0.39, 0.29) is 4.75 Å². The second-order valence-electron chi connectivity index (χ2n) is 6.18. The third-order valence-corrected chi connectivity index (χ3v) is 6.24. The highest BCUT2D eigenvalue weighted by Gasteiger charge is 2.45. The van der Waals surface area contributed by atoms with E-state index in [1.165, 1.54) is 17.7 Å². The monoisotopic (exact) mass is 304 g/mol. The Morgan fingerprint density at radius 1 is 1.29 bits per heavy atom. The second kappa shape index (κ2) is 6.41. The molecule has 0 spiro atoms. The van der Waals surface area contributed by atoms with E-state index in [2.05, 4.69) is 29.6 Å². The van der Waals surface area contributed by atoms with E-state index in [0.29, 0.717) is 11.9 Å². The molecule has 2 fully saturated rings. The van der Waals surface area contributed by atoms with Gasteiger partial charge in [0, 0.05) is 24.5 Å². The minimum Gasteiger partial charge on any atom is -0.340 e. The summed E-state index contributed by atoms with van der Waals surface area (Å²) in [5, 5.41) is 3.36. The van der Waals surface area contributed by atoms with Crippen molar-refractivity contribution in [1.29, 1.82) is 0 Å². The van der Waals surface area contributed by atoms with Gasteiger partial charge in [0.25, 0.3) is 0 Å². The first-order valence-corrected chi connectivity index (χ1v) is 8.75. The molecule has 1 aromatic rings. The van der Waals surface area contributed by atoms with Gasteiger partial charge in [0.2, 0.25) is 5.91 Å². The largest absolute Gasteiger partial charge is 0.340 e. The fourth-order valence-corrected chi connectivity index (χ4v) is 4.95. The van der Waals surface area contributed by atoms with Gasteiger partial charge in [-0.1, -0.05) is 31.0 Å². The minimum atomic E-state index is -0.237. The standard InChI is InChI=1S/C17H24N2OS/c1-19(14-9-12-18-13-14)16(20)17(10-5-6-11-17)21-15-7-3-2-4-8-15/h2-4,7-8,14,18H,5-6,9-13H2,1H3. The molecule has 3 nitrogen and oxygen atoms in total. The fraction of sp³-hybridized carbons (Fsp3) is 0.588. The summed E-state index contributed by atoms with van der Waals surface area (Å²) < 4.78 is -0.237. The summed E-state index contributed by atoms with van der Waals surface area (Å²) in [6.45, 7) is 1.97. The fourth-order valence-electron chi connectivity index (χ4n) is 3.48. The number of nitrogens with one attached hydrogen (secondary N) is 1. The van der Waals surface area contributed by atoms with Crippen molar-refractivity contribution < 1.29 is 4.79 Å². The van der Waals surface area contributed by atoms with Gasteiger partial charge in [0.05, 0.1) is 4.75 Å². The number of amides is 1. The van der Waals surface area contributed by atoms with E-state index < -0.39 is 0 Å². The Morgan fingerprint density at radius 3 is 2.62 bits per heavy atom. The molecule has 4 heteroatoms. The zero-order chi connectivity index (χ0) is 14.7. The van der Waals surface area contributed by atoms with Gasteiger partial charge in [-0.3, -0.25) is 4.79 Å². The number of hydrogen-bond donors (Lipinski definition) is 1. The zero-order valence-corrected chi connectivity index (χ0v) is 13.5. The number of hydrogen-bond acceptors (Lipinski definition) is 3. The van der Waals surface area contributed by atoms with Crippen molar-refractivity contribution in [1.82, 2.24) is 10.2 Å². The van der Waals surface area contributed by atoms with Crippen LogP contribution < -0.4 is 5.32 Å². The number of nitrogens with zero attached hydrogens (tertiary/aromatic N) is 1. The Bertz CT molecular complexity index is 479. The van der Waals surface area contributed by atoms with Crippen molar-refractivity contribution >= 4 is 17.7 Å². The van der Waals surface area contributed by atoms with Crippen LogP contribution in [-0.4, -0.2) is 41.7 Å².